The Balaban J connectivity index is 1.11. The predicted molar refractivity (Wildman–Crippen MR) is 273 cm³/mol. The number of nitrogens with zero attached hydrogens (tertiary/aromatic N) is 4. The minimum atomic E-state index is -2.97. The van der Waals surface area contributed by atoms with Gasteiger partial charge in [-0.05, 0) is 57.1 Å². The molecule has 0 amide bonds. The summed E-state index contributed by atoms with van der Waals surface area (Å²) >= 11 is 1.87. The van der Waals surface area contributed by atoms with Crippen LogP contribution in [-0.4, -0.2) is 27.2 Å². The first-order valence-electron chi connectivity index (χ1n) is 21.7. The predicted octanol–water partition coefficient (Wildman–Crippen LogP) is 12.1. The fraction of sp³-hybridized carbons (Fsp3) is 0. The third-order valence-electron chi connectivity index (χ3n) is 13.1. The zero-order valence-corrected chi connectivity index (χ0v) is 36.5. The average molecular weight is 851 g/mol. The second kappa shape index (κ2) is 14.6. The van der Waals surface area contributed by atoms with Crippen LogP contribution in [-0.2, 0) is 0 Å². The fourth-order valence-corrected chi connectivity index (χ4v) is 16.2. The van der Waals surface area contributed by atoms with Crippen LogP contribution >= 0.6 is 11.3 Å². The topological polar surface area (TPSA) is 35.6 Å². The lowest BCUT2D eigenvalue weighted by Crippen LogP contribution is -2.74. The average Bonchev–Trinajstić information content (AvgIpc) is 4.03. The lowest BCUT2D eigenvalue weighted by Gasteiger charge is -2.34. The highest BCUT2D eigenvalue weighted by Crippen LogP contribution is 2.36. The van der Waals surface area contributed by atoms with Gasteiger partial charge in [-0.2, -0.15) is 4.98 Å². The third-order valence-corrected chi connectivity index (χ3v) is 19.0. The third kappa shape index (κ3) is 5.53. The Morgan fingerprint density at radius 3 is 1.39 bits per heavy atom. The molecule has 0 saturated carbocycles. The van der Waals surface area contributed by atoms with Crippen molar-refractivity contribution < 1.29 is 0 Å². The molecule has 0 atom stereocenters. The molecule has 4 heterocycles. The van der Waals surface area contributed by atoms with Crippen LogP contribution in [0.3, 0.4) is 0 Å². The molecule has 0 aliphatic heterocycles. The number of hydrogen-bond donors (Lipinski definition) is 0. The van der Waals surface area contributed by atoms with Crippen LogP contribution in [0.4, 0.5) is 0 Å². The highest BCUT2D eigenvalue weighted by molar-refractivity contribution is 7.26. The van der Waals surface area contributed by atoms with Gasteiger partial charge in [0.2, 0.25) is 5.95 Å². The molecule has 6 heteroatoms. The van der Waals surface area contributed by atoms with Gasteiger partial charge < -0.3 is 0 Å². The van der Waals surface area contributed by atoms with Crippen molar-refractivity contribution in [2.45, 2.75) is 0 Å². The van der Waals surface area contributed by atoms with E-state index in [-0.39, 0.29) is 0 Å². The summed E-state index contributed by atoms with van der Waals surface area (Å²) < 4.78 is 7.16. The van der Waals surface area contributed by atoms with Crippen molar-refractivity contribution in [2.75, 3.05) is 0 Å². The summed E-state index contributed by atoms with van der Waals surface area (Å²) in [5.41, 5.74) is 6.23. The molecule has 0 N–H and O–H groups in total. The lowest BCUT2D eigenvalue weighted by atomic mass is 10.1. The molecule has 0 fully saturated rings. The smallest absolute Gasteiger partial charge is 0.237 e. The maximum absolute atomic E-state index is 5.58. The minimum absolute atomic E-state index is 0.626. The number of thiophene rings is 1. The zero-order chi connectivity index (χ0) is 42.2. The molecule has 0 saturated heterocycles. The SMILES string of the molecule is c1ccc([Si](c2ccccc2)(c2cccc(-c3cc(-n4c5ccccc5c5ccccc54)nc(-n4c5ccccc5c5ccccc54)n3)c2)c2ccc3sc4ccccc4c3c2)cc1. The fourth-order valence-electron chi connectivity index (χ4n) is 10.3. The van der Waals surface area contributed by atoms with Crippen molar-refractivity contribution in [2.24, 2.45) is 0 Å². The monoisotopic (exact) mass is 850 g/mol. The van der Waals surface area contributed by atoms with Gasteiger partial charge in [0, 0.05) is 53.3 Å². The second-order valence-electron chi connectivity index (χ2n) is 16.5. The van der Waals surface area contributed by atoms with Crippen LogP contribution in [0.15, 0.2) is 231 Å². The Bertz CT molecular complexity index is 3640. The summed E-state index contributed by atoms with van der Waals surface area (Å²) in [5.74, 6) is 1.44. The van der Waals surface area contributed by atoms with E-state index in [1.807, 2.05) is 11.3 Å². The molecule has 0 spiro atoms. The largest absolute Gasteiger partial charge is 0.294 e. The van der Waals surface area contributed by atoms with E-state index in [4.69, 9.17) is 9.97 Å². The van der Waals surface area contributed by atoms with Crippen molar-refractivity contribution in [3.63, 3.8) is 0 Å². The molecule has 13 rings (SSSR count). The van der Waals surface area contributed by atoms with Crippen LogP contribution in [0.1, 0.15) is 0 Å². The number of para-hydroxylation sites is 4. The summed E-state index contributed by atoms with van der Waals surface area (Å²) in [6, 6.07) is 84.4. The maximum Gasteiger partial charge on any atom is 0.237 e. The Morgan fingerprint density at radius 2 is 0.797 bits per heavy atom. The highest BCUT2D eigenvalue weighted by Gasteiger charge is 2.42. The quantitative estimate of drug-likeness (QED) is 0.118. The maximum atomic E-state index is 5.58. The van der Waals surface area contributed by atoms with E-state index in [9.17, 15) is 0 Å². The summed E-state index contributed by atoms with van der Waals surface area (Å²) in [6.07, 6.45) is 0. The van der Waals surface area contributed by atoms with Gasteiger partial charge in [0.15, 0.2) is 8.07 Å². The van der Waals surface area contributed by atoms with Crippen molar-refractivity contribution in [3.8, 4) is 23.0 Å². The van der Waals surface area contributed by atoms with Gasteiger partial charge in [-0.15, -0.1) is 11.3 Å². The Kier molecular flexibility index (Phi) is 8.38. The van der Waals surface area contributed by atoms with Crippen LogP contribution in [0.2, 0.25) is 0 Å². The summed E-state index contributed by atoms with van der Waals surface area (Å²) in [4.78, 5) is 11.1. The van der Waals surface area contributed by atoms with Gasteiger partial charge in [-0.3, -0.25) is 9.13 Å². The number of rotatable bonds is 7. The molecule has 13 aromatic rings. The molecule has 0 aliphatic carbocycles. The molecular formula is C58H38N4SSi. The molecule has 4 aromatic heterocycles. The molecule has 9 aromatic carbocycles. The van der Waals surface area contributed by atoms with Crippen molar-refractivity contribution in [3.05, 3.63) is 231 Å². The van der Waals surface area contributed by atoms with E-state index in [0.717, 1.165) is 39.1 Å². The van der Waals surface area contributed by atoms with E-state index < -0.39 is 8.07 Å². The Morgan fingerprint density at radius 1 is 0.328 bits per heavy atom. The summed E-state index contributed by atoms with van der Waals surface area (Å²) in [7, 11) is -2.97. The van der Waals surface area contributed by atoms with Gasteiger partial charge in [0.25, 0.3) is 0 Å². The normalized spacial score (nSPS) is 12.1. The van der Waals surface area contributed by atoms with E-state index in [1.165, 1.54) is 62.5 Å². The number of hydrogen-bond acceptors (Lipinski definition) is 3. The number of aromatic nitrogens is 4. The van der Waals surface area contributed by atoms with Crippen molar-refractivity contribution >= 4 is 104 Å². The van der Waals surface area contributed by atoms with Crippen molar-refractivity contribution in [1.29, 1.82) is 0 Å². The lowest BCUT2D eigenvalue weighted by molar-refractivity contribution is 0.952. The molecule has 0 aliphatic rings. The van der Waals surface area contributed by atoms with E-state index in [1.54, 1.807) is 0 Å². The first-order valence-corrected chi connectivity index (χ1v) is 24.6. The van der Waals surface area contributed by atoms with Gasteiger partial charge in [-0.1, -0.05) is 188 Å². The van der Waals surface area contributed by atoms with Gasteiger partial charge in [-0.25, -0.2) is 4.98 Å². The van der Waals surface area contributed by atoms with Crippen molar-refractivity contribution in [1.82, 2.24) is 19.1 Å². The number of benzene rings is 9. The van der Waals surface area contributed by atoms with Crippen LogP contribution < -0.4 is 20.7 Å². The molecule has 64 heavy (non-hydrogen) atoms. The molecule has 0 bridgehead atoms. The standard InChI is InChI=1S/C58H38N4SSi/c1-3-19-40(20-4-1)64(41-21-5-2-6-22-41,43-34-35-56-49(37-43)48-28-11-16-33-55(48)63-56)42-23-17-18-39(36-42)50-38-57(61-51-29-12-7-24-44(51)45-25-8-13-30-52(45)61)60-58(59-50)62-53-31-14-9-26-46(53)47-27-10-15-32-54(47)62/h1-38H. The van der Waals surface area contributed by atoms with E-state index >= 15 is 0 Å². The summed E-state index contributed by atoms with van der Waals surface area (Å²) in [6.45, 7) is 0. The molecule has 4 nitrogen and oxygen atoms in total. The highest BCUT2D eigenvalue weighted by atomic mass is 32.1. The van der Waals surface area contributed by atoms with Gasteiger partial charge in [0.05, 0.1) is 27.8 Å². The Labute approximate surface area is 374 Å². The van der Waals surface area contributed by atoms with E-state index in [0.29, 0.717) is 5.95 Å². The van der Waals surface area contributed by atoms with Crippen LogP contribution in [0.25, 0.3) is 86.8 Å². The molecular weight excluding hydrogens is 813 g/mol. The first kappa shape index (κ1) is 36.7. The van der Waals surface area contributed by atoms with E-state index in [2.05, 4.69) is 240 Å². The molecule has 0 radical (unpaired) electrons. The summed E-state index contributed by atoms with van der Waals surface area (Å²) in [5, 5.41) is 12.6. The number of fused-ring (bicyclic) bond motifs is 9. The minimum Gasteiger partial charge on any atom is -0.294 e. The molecule has 0 unspecified atom stereocenters. The molecule has 300 valence electrons. The zero-order valence-electron chi connectivity index (χ0n) is 34.6. The van der Waals surface area contributed by atoms with Crippen LogP contribution in [0.5, 0.6) is 0 Å². The Hall–Kier alpha value is -7.90. The second-order valence-corrected chi connectivity index (χ2v) is 21.4. The van der Waals surface area contributed by atoms with Gasteiger partial charge >= 0.3 is 0 Å². The van der Waals surface area contributed by atoms with Crippen LogP contribution in [0, 0.1) is 0 Å². The first-order chi connectivity index (χ1) is 31.7. The van der Waals surface area contributed by atoms with Gasteiger partial charge in [0.1, 0.15) is 5.82 Å².